The number of ether oxygens (including phenoxy) is 1. The summed E-state index contributed by atoms with van der Waals surface area (Å²) in [7, 11) is 0. The summed E-state index contributed by atoms with van der Waals surface area (Å²) in [5, 5.41) is 82.4. The van der Waals surface area contributed by atoms with Gasteiger partial charge in [-0.1, -0.05) is 187 Å². The third kappa shape index (κ3) is 23.2. The molecule has 4 heterocycles. The lowest BCUT2D eigenvalue weighted by Gasteiger charge is -2.27. The second kappa shape index (κ2) is 42.4. The first kappa shape index (κ1) is 90.0. The number of nitrogens with one attached hydrogen (secondary N) is 3. The summed E-state index contributed by atoms with van der Waals surface area (Å²) < 4.78 is 53.6. The number of aliphatic hydroxyl groups is 5. The highest BCUT2D eigenvalue weighted by molar-refractivity contribution is 6.15. The minimum atomic E-state index is -1.39. The van der Waals surface area contributed by atoms with Gasteiger partial charge >= 0.3 is 5.97 Å². The Morgan fingerprint density at radius 3 is 0.926 bits per heavy atom. The fourth-order valence-electron chi connectivity index (χ4n) is 15.9. The number of aromatic nitrogens is 3. The van der Waals surface area contributed by atoms with E-state index in [1.807, 2.05) is 208 Å². The number of aliphatic hydroxyl groups excluding tert-OH is 5. The van der Waals surface area contributed by atoms with E-state index in [1.54, 1.807) is 60.7 Å². The van der Waals surface area contributed by atoms with Gasteiger partial charge in [0.1, 0.15) is 23.6 Å². The van der Waals surface area contributed by atoms with Crippen LogP contribution in [-0.4, -0.2) is 111 Å². The summed E-state index contributed by atoms with van der Waals surface area (Å²) in [5.41, 5.74) is 14.7. The third-order valence-corrected chi connectivity index (χ3v) is 21.0. The molecule has 3 aromatic heterocycles. The minimum absolute atomic E-state index is 0.0000536. The molecule has 9 aromatic carbocycles. The zero-order chi connectivity index (χ0) is 87.3. The van der Waals surface area contributed by atoms with Crippen LogP contribution in [0.15, 0.2) is 255 Å². The van der Waals surface area contributed by atoms with Gasteiger partial charge in [0.15, 0.2) is 0 Å². The lowest BCUT2D eigenvalue weighted by atomic mass is 9.94. The zero-order valence-electron chi connectivity index (χ0n) is 68.8. The quantitative estimate of drug-likeness (QED) is 0.0182. The van der Waals surface area contributed by atoms with Crippen LogP contribution in [0, 0.1) is 17.5 Å². The number of halogens is 3. The highest BCUT2D eigenvalue weighted by Crippen LogP contribution is 2.47. The molecule has 1 fully saturated rings. The number of cyclic esters (lactones) is 1. The van der Waals surface area contributed by atoms with Gasteiger partial charge in [0, 0.05) is 108 Å². The molecule has 0 radical (unpaired) electrons. The van der Waals surface area contributed by atoms with E-state index in [-0.39, 0.29) is 86.5 Å². The van der Waals surface area contributed by atoms with Crippen molar-refractivity contribution < 1.29 is 82.4 Å². The van der Waals surface area contributed by atoms with Crippen LogP contribution in [0.3, 0.4) is 0 Å². The molecule has 23 heteroatoms. The maximum absolute atomic E-state index is 14.1. The number of amides is 3. The molecular formula is C99H101F3N6O14-2. The Kier molecular flexibility index (Phi) is 31.3. The molecule has 1 saturated heterocycles. The number of esters is 1. The van der Waals surface area contributed by atoms with Crippen LogP contribution in [0.2, 0.25) is 0 Å². The number of benzene rings is 9. The first-order valence-corrected chi connectivity index (χ1v) is 40.9. The zero-order valence-corrected chi connectivity index (χ0v) is 68.8. The second-order valence-corrected chi connectivity index (χ2v) is 31.3. The molecule has 1 aliphatic heterocycles. The van der Waals surface area contributed by atoms with E-state index >= 15 is 0 Å². The van der Waals surface area contributed by atoms with Crippen LogP contribution < -0.4 is 26.2 Å². The largest absolute Gasteiger partial charge is 0.550 e. The van der Waals surface area contributed by atoms with Gasteiger partial charge < -0.3 is 79.7 Å². The minimum Gasteiger partial charge on any atom is -0.550 e. The maximum atomic E-state index is 14.1. The Balaban J connectivity index is 0.000000179. The van der Waals surface area contributed by atoms with Crippen LogP contribution in [0.4, 0.5) is 30.2 Å². The van der Waals surface area contributed by atoms with Gasteiger partial charge in [-0.3, -0.25) is 19.2 Å². The lowest BCUT2D eigenvalue weighted by molar-refractivity contribution is -0.309. The third-order valence-electron chi connectivity index (χ3n) is 21.0. The highest BCUT2D eigenvalue weighted by atomic mass is 19.1. The molecule has 0 bridgehead atoms. The second-order valence-electron chi connectivity index (χ2n) is 31.3. The Hall–Kier alpha value is -12.8. The van der Waals surface area contributed by atoms with E-state index in [0.29, 0.717) is 86.8 Å². The molecule has 8 N–H and O–H groups in total. The molecule has 12 aromatic rings. The van der Waals surface area contributed by atoms with Crippen LogP contribution in [0.5, 0.6) is 0 Å². The molecule has 0 spiro atoms. The number of carboxylic acids is 2. The molecule has 20 nitrogen and oxygen atoms in total. The summed E-state index contributed by atoms with van der Waals surface area (Å²) in [4.78, 5) is 75.9. The van der Waals surface area contributed by atoms with Crippen molar-refractivity contribution in [1.82, 2.24) is 13.7 Å². The number of hydrogen-bond acceptors (Lipinski definition) is 14. The number of para-hydroxylation sites is 3. The summed E-state index contributed by atoms with van der Waals surface area (Å²) in [6, 6.07) is 74.7. The molecule has 0 saturated carbocycles. The number of rotatable bonds is 32. The van der Waals surface area contributed by atoms with Crippen molar-refractivity contribution >= 4 is 52.7 Å². The fourth-order valence-corrected chi connectivity index (χ4v) is 15.9. The van der Waals surface area contributed by atoms with E-state index in [0.717, 1.165) is 50.6 Å². The Bertz CT molecular complexity index is 5270. The van der Waals surface area contributed by atoms with Crippen LogP contribution >= 0.6 is 0 Å². The number of aliphatic carboxylic acids is 2. The van der Waals surface area contributed by atoms with Crippen LogP contribution in [0.25, 0.3) is 67.2 Å². The van der Waals surface area contributed by atoms with Gasteiger partial charge in [-0.25, -0.2) is 13.2 Å². The predicted molar refractivity (Wildman–Crippen MR) is 463 cm³/mol. The van der Waals surface area contributed by atoms with Crippen molar-refractivity contribution in [2.24, 2.45) is 0 Å². The molecule has 3 amide bonds. The van der Waals surface area contributed by atoms with Crippen molar-refractivity contribution in [2.75, 3.05) is 16.0 Å². The SMILES string of the molecule is CC(C)c1c(C(=O)Nc2ccccc2)c(-c2ccccc2)c(-c2ccc(F)cc2)n1CC[C@@H](O)C[C@@H](O)CC(=O)[O-].CC(C)c1c(C(=O)Nc2ccccc2)c(-c2ccccc2)c(-c2ccc(F)cc2)n1CC[C@@H](O)C[C@@H](O)CC(=O)[O-].CC(C)c1c(C(=O)Nc2ccccc2)c(-c2ccccc2)c(-c2ccc(F)cc2)n1CC[C@@H]1C[C@H](O)CC(=O)O1. The summed E-state index contributed by atoms with van der Waals surface area (Å²) in [5.74, 6) is -5.46. The van der Waals surface area contributed by atoms with E-state index in [9.17, 15) is 77.7 Å². The molecule has 0 unspecified atom stereocenters. The topological polar surface area (TPSA) is 310 Å². The molecule has 122 heavy (non-hydrogen) atoms. The molecule has 1 aliphatic rings. The van der Waals surface area contributed by atoms with Crippen LogP contribution in [0.1, 0.15) is 165 Å². The standard InChI is InChI=1S/2C33H35FN2O5.C33H33FN2O4/c2*1-21(2)31-30(33(41)35-25-11-7-4-8-12-25)29(22-9-5-3-6-10-22)32(23-13-15-24(34)16-14-23)36(31)18-17-26(37)19-27(38)20-28(39)40;1-21(2)31-30(33(39)35-25-11-7-4-8-12-25)29(22-9-5-3-6-10-22)32(23-13-15-24(34)16-14-23)36(31)18-17-27-19-26(37)20-28(38)40-27/h2*3-16,21,26-27,37-38H,17-20H2,1-2H3,(H,35,41)(H,39,40);3-16,21,26-27,37H,17-20H2,1-2H3,(H,35,39)/p-2/t2*26-,27-;26-,27+/m110/s1. The average Bonchev–Trinajstić information content (AvgIpc) is 1.60. The van der Waals surface area contributed by atoms with Crippen molar-refractivity contribution in [3.05, 3.63) is 306 Å². The molecule has 0 aliphatic carbocycles. The number of hydrogen-bond donors (Lipinski definition) is 8. The summed E-state index contributed by atoms with van der Waals surface area (Å²) in [6.07, 6.45) is -5.89. The van der Waals surface area contributed by atoms with Crippen molar-refractivity contribution in [3.63, 3.8) is 0 Å². The molecule has 6 atom stereocenters. The number of anilines is 3. The van der Waals surface area contributed by atoms with E-state index in [4.69, 9.17) is 4.74 Å². The first-order valence-electron chi connectivity index (χ1n) is 40.9. The number of nitrogens with zero attached hydrogens (tertiary/aromatic N) is 3. The van der Waals surface area contributed by atoms with Gasteiger partial charge in [0.2, 0.25) is 0 Å². The molecule has 634 valence electrons. The Morgan fingerprint density at radius 1 is 0.393 bits per heavy atom. The highest BCUT2D eigenvalue weighted by Gasteiger charge is 2.36. The first-order chi connectivity index (χ1) is 58.6. The summed E-state index contributed by atoms with van der Waals surface area (Å²) >= 11 is 0. The van der Waals surface area contributed by atoms with Crippen molar-refractivity contribution in [1.29, 1.82) is 0 Å². The Labute approximate surface area is 707 Å². The van der Waals surface area contributed by atoms with Gasteiger partial charge in [-0.15, -0.1) is 0 Å². The van der Waals surface area contributed by atoms with Gasteiger partial charge in [-0.05, 0) is 186 Å². The van der Waals surface area contributed by atoms with E-state index < -0.39 is 79.0 Å². The summed E-state index contributed by atoms with van der Waals surface area (Å²) in [6.45, 7) is 13.0. The maximum Gasteiger partial charge on any atom is 0.308 e. The van der Waals surface area contributed by atoms with Crippen molar-refractivity contribution in [2.45, 2.75) is 173 Å². The molecular weight excluding hydrogens is 1550 g/mol. The van der Waals surface area contributed by atoms with E-state index in [2.05, 4.69) is 20.5 Å². The van der Waals surface area contributed by atoms with Crippen LogP contribution in [-0.2, 0) is 38.8 Å². The van der Waals surface area contributed by atoms with Gasteiger partial charge in [-0.2, -0.15) is 0 Å². The smallest absolute Gasteiger partial charge is 0.308 e. The van der Waals surface area contributed by atoms with Gasteiger partial charge in [0.25, 0.3) is 17.7 Å². The van der Waals surface area contributed by atoms with Gasteiger partial charge in [0.05, 0.1) is 70.7 Å². The molecule has 13 rings (SSSR count). The van der Waals surface area contributed by atoms with E-state index in [1.165, 1.54) is 36.4 Å². The number of carboxylic acid groups (broad SMARTS) is 2. The number of carbonyl (C=O) groups excluding carboxylic acids is 6. The normalized spacial score (nSPS) is 14.2. The van der Waals surface area contributed by atoms with Crippen molar-refractivity contribution in [3.8, 4) is 67.2 Å². The predicted octanol–water partition coefficient (Wildman–Crippen LogP) is 16.8. The lowest BCUT2D eigenvalue weighted by Crippen LogP contribution is -2.33. The monoisotopic (exact) mass is 1650 g/mol. The Morgan fingerprint density at radius 2 is 0.664 bits per heavy atom. The number of carbonyl (C=O) groups is 6. The average molecular weight is 1660 g/mol. The fraction of sp³-hybridized carbons (Fsp3) is 0.273.